The number of carbonyl (C=O) groups excluding carboxylic acids is 2. The largest absolute Gasteiger partial charge is 0.507 e. The first-order valence-electron chi connectivity index (χ1n) is 9.21. The van der Waals surface area contributed by atoms with Crippen LogP contribution in [-0.4, -0.2) is 28.8 Å². The summed E-state index contributed by atoms with van der Waals surface area (Å²) in [6, 6.07) is 15.1. The maximum absolute atomic E-state index is 14.7. The summed E-state index contributed by atoms with van der Waals surface area (Å²) in [5.41, 5.74) is 0.317. The van der Waals surface area contributed by atoms with Crippen molar-refractivity contribution in [3.8, 4) is 5.75 Å². The number of rotatable bonds is 5. The van der Waals surface area contributed by atoms with E-state index < -0.39 is 23.5 Å². The molecule has 7 heteroatoms. The van der Waals surface area contributed by atoms with Crippen molar-refractivity contribution in [2.75, 3.05) is 7.11 Å². The van der Waals surface area contributed by atoms with Gasteiger partial charge in [0.2, 0.25) is 0 Å². The van der Waals surface area contributed by atoms with E-state index in [1.54, 1.807) is 30.3 Å². The summed E-state index contributed by atoms with van der Waals surface area (Å²) in [5.74, 6) is -2.07. The van der Waals surface area contributed by atoms with Gasteiger partial charge in [0, 0.05) is 16.0 Å². The van der Waals surface area contributed by atoms with Crippen LogP contribution < -0.4 is 4.74 Å². The summed E-state index contributed by atoms with van der Waals surface area (Å²) in [6.45, 7) is 0.135. The van der Waals surface area contributed by atoms with Crippen LogP contribution in [0.2, 0.25) is 0 Å². The number of aliphatic hydroxyl groups excluding tert-OH is 1. The molecule has 0 saturated carbocycles. The zero-order valence-electron chi connectivity index (χ0n) is 16.0. The summed E-state index contributed by atoms with van der Waals surface area (Å²) in [7, 11) is 1.48. The number of ketones is 1. The van der Waals surface area contributed by atoms with Gasteiger partial charge in [-0.15, -0.1) is 11.3 Å². The number of nitrogens with zero attached hydrogens (tertiary/aromatic N) is 1. The van der Waals surface area contributed by atoms with Gasteiger partial charge in [-0.3, -0.25) is 9.59 Å². The van der Waals surface area contributed by atoms with Crippen molar-refractivity contribution in [1.29, 1.82) is 0 Å². The fraction of sp³-hybridized carbons (Fsp3) is 0.130. The smallest absolute Gasteiger partial charge is 0.295 e. The van der Waals surface area contributed by atoms with E-state index in [9.17, 15) is 19.1 Å². The van der Waals surface area contributed by atoms with Gasteiger partial charge in [0.1, 0.15) is 17.3 Å². The topological polar surface area (TPSA) is 66.8 Å². The van der Waals surface area contributed by atoms with E-state index in [1.807, 2.05) is 17.5 Å². The molecule has 4 rings (SSSR count). The predicted octanol–water partition coefficient (Wildman–Crippen LogP) is 4.52. The van der Waals surface area contributed by atoms with Crippen molar-refractivity contribution >= 4 is 28.8 Å². The Morgan fingerprint density at radius 3 is 2.63 bits per heavy atom. The lowest BCUT2D eigenvalue weighted by molar-refractivity contribution is -0.140. The van der Waals surface area contributed by atoms with Crippen LogP contribution in [0.1, 0.15) is 22.0 Å². The van der Waals surface area contributed by atoms with Crippen molar-refractivity contribution in [3.63, 3.8) is 0 Å². The van der Waals surface area contributed by atoms with Crippen molar-refractivity contribution < 1.29 is 23.8 Å². The van der Waals surface area contributed by atoms with Gasteiger partial charge in [-0.05, 0) is 29.6 Å². The molecule has 1 aliphatic rings. The number of hydrogen-bond acceptors (Lipinski definition) is 5. The number of aliphatic hydroxyl groups is 1. The van der Waals surface area contributed by atoms with Gasteiger partial charge in [-0.1, -0.05) is 36.4 Å². The van der Waals surface area contributed by atoms with Crippen LogP contribution in [0.25, 0.3) is 5.76 Å². The summed E-state index contributed by atoms with van der Waals surface area (Å²) in [6.07, 6.45) is 0. The van der Waals surface area contributed by atoms with Crippen LogP contribution in [0.5, 0.6) is 5.75 Å². The van der Waals surface area contributed by atoms with Gasteiger partial charge in [-0.25, -0.2) is 4.39 Å². The van der Waals surface area contributed by atoms with E-state index in [1.165, 1.54) is 41.5 Å². The summed E-state index contributed by atoms with van der Waals surface area (Å²) < 4.78 is 19.9. The molecule has 1 saturated heterocycles. The number of thiophene rings is 1. The minimum Gasteiger partial charge on any atom is -0.507 e. The molecule has 0 radical (unpaired) electrons. The number of halogens is 1. The highest BCUT2D eigenvalue weighted by Crippen LogP contribution is 2.41. The number of carbonyl (C=O) groups is 2. The fourth-order valence-corrected chi connectivity index (χ4v) is 4.26. The Hall–Kier alpha value is -3.45. The van der Waals surface area contributed by atoms with E-state index >= 15 is 0 Å². The first-order valence-corrected chi connectivity index (χ1v) is 10.1. The molecule has 5 nitrogen and oxygen atoms in total. The second kappa shape index (κ2) is 8.12. The second-order valence-electron chi connectivity index (χ2n) is 6.76. The minimum atomic E-state index is -1.04. The molecule has 1 fully saturated rings. The maximum Gasteiger partial charge on any atom is 0.295 e. The Bertz CT molecular complexity index is 1140. The lowest BCUT2D eigenvalue weighted by Gasteiger charge is -2.25. The Morgan fingerprint density at radius 2 is 1.93 bits per heavy atom. The average Bonchev–Trinajstić information content (AvgIpc) is 3.36. The molecule has 1 unspecified atom stereocenters. The molecule has 0 aliphatic carbocycles. The molecular weight excluding hydrogens is 405 g/mol. The van der Waals surface area contributed by atoms with Gasteiger partial charge in [0.25, 0.3) is 11.7 Å². The number of hydrogen-bond donors (Lipinski definition) is 1. The maximum atomic E-state index is 14.7. The molecule has 1 amide bonds. The minimum absolute atomic E-state index is 0.135. The lowest BCUT2D eigenvalue weighted by atomic mass is 9.95. The highest BCUT2D eigenvalue weighted by Gasteiger charge is 2.47. The highest BCUT2D eigenvalue weighted by atomic mass is 32.1. The standard InChI is InChI=1S/C23H18FNO4S/c1-29-15-7-4-6-14(12-15)21(26)19-20(17-9-2-3-10-18(17)24)25(23(28)22(19)27)13-16-8-5-11-30-16/h2-12,20,26H,13H2,1H3/b21-19+. The fourth-order valence-electron chi connectivity index (χ4n) is 3.56. The monoisotopic (exact) mass is 423 g/mol. The number of ether oxygens (including phenoxy) is 1. The molecule has 1 aromatic heterocycles. The molecular formula is C23H18FNO4S. The average molecular weight is 423 g/mol. The zero-order chi connectivity index (χ0) is 21.3. The van der Waals surface area contributed by atoms with Gasteiger partial charge in [0.15, 0.2) is 0 Å². The van der Waals surface area contributed by atoms with Gasteiger partial charge >= 0.3 is 0 Å². The predicted molar refractivity (Wildman–Crippen MR) is 112 cm³/mol. The van der Waals surface area contributed by atoms with E-state index in [0.717, 1.165) is 4.88 Å². The third-order valence-corrected chi connectivity index (χ3v) is 5.85. The van der Waals surface area contributed by atoms with Crippen LogP contribution >= 0.6 is 11.3 Å². The zero-order valence-corrected chi connectivity index (χ0v) is 16.9. The van der Waals surface area contributed by atoms with Crippen LogP contribution in [0.15, 0.2) is 71.6 Å². The molecule has 2 heterocycles. The number of benzene rings is 2. The Balaban J connectivity index is 1.89. The van der Waals surface area contributed by atoms with Crippen molar-refractivity contribution in [2.24, 2.45) is 0 Å². The third kappa shape index (κ3) is 3.48. The Labute approximate surface area is 176 Å². The molecule has 152 valence electrons. The van der Waals surface area contributed by atoms with Gasteiger partial charge in [-0.2, -0.15) is 0 Å². The normalized spacial score (nSPS) is 18.1. The molecule has 1 N–H and O–H groups in total. The first kappa shape index (κ1) is 19.8. The van der Waals surface area contributed by atoms with Crippen molar-refractivity contribution in [3.05, 3.63) is 93.4 Å². The van der Waals surface area contributed by atoms with E-state index in [4.69, 9.17) is 4.74 Å². The summed E-state index contributed by atoms with van der Waals surface area (Å²) >= 11 is 1.43. The highest BCUT2D eigenvalue weighted by molar-refractivity contribution is 7.09. The van der Waals surface area contributed by atoms with E-state index in [2.05, 4.69) is 0 Å². The molecule has 1 aliphatic heterocycles. The molecule has 0 bridgehead atoms. The van der Waals surface area contributed by atoms with Crippen LogP contribution in [0.3, 0.4) is 0 Å². The first-order chi connectivity index (χ1) is 14.5. The number of likely N-dealkylation sites (tertiary alicyclic amines) is 1. The lowest BCUT2D eigenvalue weighted by Crippen LogP contribution is -2.29. The number of amides is 1. The summed E-state index contributed by atoms with van der Waals surface area (Å²) in [5, 5.41) is 12.9. The number of methoxy groups -OCH3 is 1. The SMILES string of the molecule is COc1cccc(/C(O)=C2\C(=O)C(=O)N(Cc3cccs3)C2c2ccccc2F)c1. The third-order valence-electron chi connectivity index (χ3n) is 4.99. The van der Waals surface area contributed by atoms with Gasteiger partial charge < -0.3 is 14.7 Å². The summed E-state index contributed by atoms with van der Waals surface area (Å²) in [4.78, 5) is 28.0. The second-order valence-corrected chi connectivity index (χ2v) is 7.79. The van der Waals surface area contributed by atoms with E-state index in [-0.39, 0.29) is 23.4 Å². The quantitative estimate of drug-likeness (QED) is 0.372. The van der Waals surface area contributed by atoms with Crippen molar-refractivity contribution in [1.82, 2.24) is 4.90 Å². The van der Waals surface area contributed by atoms with Crippen LogP contribution in [-0.2, 0) is 16.1 Å². The van der Waals surface area contributed by atoms with Crippen LogP contribution in [0.4, 0.5) is 4.39 Å². The molecule has 2 aromatic carbocycles. The molecule has 30 heavy (non-hydrogen) atoms. The molecule has 0 spiro atoms. The van der Waals surface area contributed by atoms with Crippen LogP contribution in [0, 0.1) is 5.82 Å². The van der Waals surface area contributed by atoms with Gasteiger partial charge in [0.05, 0.1) is 25.3 Å². The molecule has 1 atom stereocenters. The Kier molecular flexibility index (Phi) is 5.37. The molecule has 3 aromatic rings. The number of Topliss-reactive ketones (excluding diaryl/α,β-unsaturated/α-hetero) is 1. The Morgan fingerprint density at radius 1 is 1.13 bits per heavy atom. The van der Waals surface area contributed by atoms with Crippen molar-refractivity contribution in [2.45, 2.75) is 12.6 Å². The van der Waals surface area contributed by atoms with E-state index in [0.29, 0.717) is 11.3 Å².